The molecule has 1 aromatic carbocycles. The van der Waals surface area contributed by atoms with Crippen LogP contribution in [0, 0.1) is 0 Å². The molecule has 0 aromatic heterocycles. The Labute approximate surface area is 118 Å². The summed E-state index contributed by atoms with van der Waals surface area (Å²) in [5.74, 6) is 0.00502. The van der Waals surface area contributed by atoms with Gasteiger partial charge in [0.2, 0.25) is 0 Å². The van der Waals surface area contributed by atoms with Gasteiger partial charge in [-0.25, -0.2) is 0 Å². The zero-order valence-corrected chi connectivity index (χ0v) is 12.4. The number of carbonyl (C=O) groups excluding carboxylic acids is 1. The summed E-state index contributed by atoms with van der Waals surface area (Å²) < 4.78 is 1.66. The second-order valence-electron chi connectivity index (χ2n) is 3.48. The Morgan fingerprint density at radius 2 is 2.06 bits per heavy atom. The fraction of sp³-hybridized carbons (Fsp3) is 0.167. The minimum absolute atomic E-state index is 0.00502. The molecule has 0 spiro atoms. The van der Waals surface area contributed by atoms with Crippen molar-refractivity contribution in [2.24, 2.45) is 0 Å². The summed E-state index contributed by atoms with van der Waals surface area (Å²) in [7, 11) is 0. The van der Waals surface area contributed by atoms with Crippen LogP contribution in [0.15, 0.2) is 33.6 Å². The highest BCUT2D eigenvalue weighted by Gasteiger charge is 2.30. The second-order valence-corrected chi connectivity index (χ2v) is 6.07. The molecule has 5 heteroatoms. The zero-order chi connectivity index (χ0) is 12.4. The predicted octanol–water partition coefficient (Wildman–Crippen LogP) is 3.67. The van der Waals surface area contributed by atoms with Gasteiger partial charge in [0.05, 0.1) is 4.91 Å². The van der Waals surface area contributed by atoms with E-state index >= 15 is 0 Å². The number of hydrogen-bond acceptors (Lipinski definition) is 3. The Morgan fingerprint density at radius 3 is 2.59 bits per heavy atom. The molecule has 0 bridgehead atoms. The van der Waals surface area contributed by atoms with Gasteiger partial charge in [0.1, 0.15) is 4.32 Å². The van der Waals surface area contributed by atoms with E-state index in [2.05, 4.69) is 15.9 Å². The van der Waals surface area contributed by atoms with E-state index in [9.17, 15) is 4.79 Å². The Bertz CT molecular complexity index is 496. The van der Waals surface area contributed by atoms with Gasteiger partial charge in [0, 0.05) is 11.0 Å². The van der Waals surface area contributed by atoms with Crippen LogP contribution in [0.4, 0.5) is 0 Å². The van der Waals surface area contributed by atoms with Crippen molar-refractivity contribution < 1.29 is 4.79 Å². The van der Waals surface area contributed by atoms with E-state index in [1.807, 2.05) is 37.3 Å². The summed E-state index contributed by atoms with van der Waals surface area (Å²) in [6, 6.07) is 7.82. The topological polar surface area (TPSA) is 20.3 Å². The van der Waals surface area contributed by atoms with Crippen molar-refractivity contribution in [2.45, 2.75) is 6.92 Å². The fourth-order valence-electron chi connectivity index (χ4n) is 1.48. The molecule has 17 heavy (non-hydrogen) atoms. The van der Waals surface area contributed by atoms with Crippen LogP contribution in [0.2, 0.25) is 0 Å². The van der Waals surface area contributed by atoms with Gasteiger partial charge in [-0.3, -0.25) is 9.69 Å². The van der Waals surface area contributed by atoms with Crippen molar-refractivity contribution in [3.8, 4) is 0 Å². The second kappa shape index (κ2) is 5.33. The number of amides is 1. The first-order valence-corrected chi connectivity index (χ1v) is 7.14. The highest BCUT2D eigenvalue weighted by Crippen LogP contribution is 2.32. The fourth-order valence-corrected chi connectivity index (χ4v) is 3.13. The molecular weight excluding hydrogens is 318 g/mol. The molecule has 88 valence electrons. The number of nitrogens with zero attached hydrogens (tertiary/aromatic N) is 1. The molecule has 0 radical (unpaired) electrons. The lowest BCUT2D eigenvalue weighted by atomic mass is 10.2. The minimum atomic E-state index is 0.00502. The molecular formula is C12H10BrNOS2. The third kappa shape index (κ3) is 2.78. The van der Waals surface area contributed by atoms with Crippen molar-refractivity contribution in [1.29, 1.82) is 0 Å². The van der Waals surface area contributed by atoms with Gasteiger partial charge >= 0.3 is 0 Å². The minimum Gasteiger partial charge on any atom is -0.293 e. The van der Waals surface area contributed by atoms with Crippen LogP contribution in [0.3, 0.4) is 0 Å². The summed E-state index contributed by atoms with van der Waals surface area (Å²) in [5.41, 5.74) is 1.00. The van der Waals surface area contributed by atoms with E-state index in [4.69, 9.17) is 12.2 Å². The average molecular weight is 328 g/mol. The van der Waals surface area contributed by atoms with E-state index in [-0.39, 0.29) is 5.91 Å². The lowest BCUT2D eigenvalue weighted by Crippen LogP contribution is -2.27. The van der Waals surface area contributed by atoms with Gasteiger partial charge in [-0.2, -0.15) is 0 Å². The average Bonchev–Trinajstić information content (AvgIpc) is 2.57. The molecule has 1 saturated heterocycles. The third-order valence-electron chi connectivity index (χ3n) is 2.36. The quantitative estimate of drug-likeness (QED) is 0.610. The maximum Gasteiger partial charge on any atom is 0.266 e. The van der Waals surface area contributed by atoms with Crippen LogP contribution >= 0.6 is 39.9 Å². The highest BCUT2D eigenvalue weighted by atomic mass is 79.9. The SMILES string of the molecule is CCN1C(=O)/C(=C\c2ccc(Br)cc2)SC1=S. The van der Waals surface area contributed by atoms with Crippen molar-refractivity contribution >= 4 is 56.2 Å². The van der Waals surface area contributed by atoms with Crippen LogP contribution in [-0.2, 0) is 4.79 Å². The van der Waals surface area contributed by atoms with E-state index in [0.29, 0.717) is 15.8 Å². The molecule has 0 N–H and O–H groups in total. The lowest BCUT2D eigenvalue weighted by molar-refractivity contribution is -0.121. The maximum atomic E-state index is 12.0. The zero-order valence-electron chi connectivity index (χ0n) is 9.14. The summed E-state index contributed by atoms with van der Waals surface area (Å²) >= 11 is 9.89. The Balaban J connectivity index is 2.27. The summed E-state index contributed by atoms with van der Waals surface area (Å²) in [6.07, 6.45) is 1.88. The normalized spacial score (nSPS) is 18.2. The van der Waals surface area contributed by atoms with E-state index in [1.165, 1.54) is 11.8 Å². The van der Waals surface area contributed by atoms with Gasteiger partial charge in [0.15, 0.2) is 0 Å². The lowest BCUT2D eigenvalue weighted by Gasteiger charge is -2.09. The van der Waals surface area contributed by atoms with E-state index in [1.54, 1.807) is 4.90 Å². The monoisotopic (exact) mass is 327 g/mol. The predicted molar refractivity (Wildman–Crippen MR) is 79.7 cm³/mol. The Morgan fingerprint density at radius 1 is 1.41 bits per heavy atom. The van der Waals surface area contributed by atoms with Gasteiger partial charge in [-0.1, -0.05) is 52.0 Å². The maximum absolute atomic E-state index is 12.0. The first kappa shape index (κ1) is 12.8. The van der Waals surface area contributed by atoms with E-state index < -0.39 is 0 Å². The van der Waals surface area contributed by atoms with Crippen LogP contribution < -0.4 is 0 Å². The molecule has 1 aromatic rings. The molecule has 2 nitrogen and oxygen atoms in total. The first-order valence-electron chi connectivity index (χ1n) is 5.12. The van der Waals surface area contributed by atoms with Gasteiger partial charge in [0.25, 0.3) is 5.91 Å². The van der Waals surface area contributed by atoms with Crippen molar-refractivity contribution in [3.63, 3.8) is 0 Å². The summed E-state index contributed by atoms with van der Waals surface area (Å²) in [6.45, 7) is 2.55. The Kier molecular flexibility index (Phi) is 4.01. The van der Waals surface area contributed by atoms with Crippen LogP contribution in [0.1, 0.15) is 12.5 Å². The molecule has 1 heterocycles. The first-order chi connectivity index (χ1) is 8.11. The van der Waals surface area contributed by atoms with Crippen LogP contribution in [0.5, 0.6) is 0 Å². The number of hydrogen-bond donors (Lipinski definition) is 0. The number of thiocarbonyl (C=S) groups is 1. The number of rotatable bonds is 2. The molecule has 0 aliphatic carbocycles. The molecule has 2 rings (SSSR count). The number of likely N-dealkylation sites (N-methyl/N-ethyl adjacent to an activating group) is 1. The molecule has 0 unspecified atom stereocenters. The number of carbonyl (C=O) groups is 1. The van der Waals surface area contributed by atoms with Gasteiger partial charge in [-0.05, 0) is 30.7 Å². The highest BCUT2D eigenvalue weighted by molar-refractivity contribution is 9.10. The van der Waals surface area contributed by atoms with Gasteiger partial charge < -0.3 is 0 Å². The van der Waals surface area contributed by atoms with Crippen LogP contribution in [-0.4, -0.2) is 21.7 Å². The standard InChI is InChI=1S/C12H10BrNOS2/c1-2-14-11(15)10(17-12(14)16)7-8-3-5-9(13)6-4-8/h3-7H,2H2,1H3/b10-7+. The van der Waals surface area contributed by atoms with Crippen molar-refractivity contribution in [2.75, 3.05) is 6.54 Å². The molecule has 1 amide bonds. The van der Waals surface area contributed by atoms with E-state index in [0.717, 1.165) is 10.0 Å². The number of benzene rings is 1. The van der Waals surface area contributed by atoms with Crippen molar-refractivity contribution in [3.05, 3.63) is 39.2 Å². The van der Waals surface area contributed by atoms with Crippen LogP contribution in [0.25, 0.3) is 6.08 Å². The molecule has 1 aliphatic rings. The third-order valence-corrected chi connectivity index (χ3v) is 4.26. The smallest absolute Gasteiger partial charge is 0.266 e. The Hall–Kier alpha value is -0.650. The molecule has 1 fully saturated rings. The molecule has 0 atom stereocenters. The number of halogens is 1. The summed E-state index contributed by atoms with van der Waals surface area (Å²) in [4.78, 5) is 14.3. The van der Waals surface area contributed by atoms with Crippen molar-refractivity contribution in [1.82, 2.24) is 4.90 Å². The molecule has 0 saturated carbocycles. The summed E-state index contributed by atoms with van der Waals surface area (Å²) in [5, 5.41) is 0. The number of thioether (sulfide) groups is 1. The molecule has 1 aliphatic heterocycles. The largest absolute Gasteiger partial charge is 0.293 e. The van der Waals surface area contributed by atoms with Gasteiger partial charge in [-0.15, -0.1) is 0 Å².